The highest BCUT2D eigenvalue weighted by molar-refractivity contribution is 7.80. The molecule has 7 nitrogen and oxygen atoms in total. The van der Waals surface area contributed by atoms with Crippen molar-refractivity contribution in [2.45, 2.75) is 26.3 Å². The lowest BCUT2D eigenvalue weighted by molar-refractivity contribution is 0.122. The molecule has 0 bridgehead atoms. The summed E-state index contributed by atoms with van der Waals surface area (Å²) in [6.07, 6.45) is 2.38. The Bertz CT molecular complexity index is 835. The highest BCUT2D eigenvalue weighted by Crippen LogP contribution is 2.26. The first-order chi connectivity index (χ1) is 14.7. The number of morpholine rings is 1. The third-order valence-electron chi connectivity index (χ3n) is 5.66. The predicted molar refractivity (Wildman–Crippen MR) is 125 cm³/mol. The lowest BCUT2D eigenvalue weighted by atomic mass is 9.99. The summed E-state index contributed by atoms with van der Waals surface area (Å²) in [5.41, 5.74) is 1.17. The van der Waals surface area contributed by atoms with E-state index in [1.165, 1.54) is 18.4 Å². The van der Waals surface area contributed by atoms with Gasteiger partial charge in [0.1, 0.15) is 11.6 Å². The van der Waals surface area contributed by atoms with Crippen molar-refractivity contribution in [2.24, 2.45) is 5.92 Å². The van der Waals surface area contributed by atoms with Gasteiger partial charge in [0.15, 0.2) is 5.11 Å². The van der Waals surface area contributed by atoms with Gasteiger partial charge in [0.05, 0.1) is 13.2 Å². The van der Waals surface area contributed by atoms with Crippen LogP contribution in [0.4, 0.5) is 17.6 Å². The fourth-order valence-corrected chi connectivity index (χ4v) is 3.92. The van der Waals surface area contributed by atoms with Crippen LogP contribution in [-0.4, -0.2) is 54.5 Å². The first kappa shape index (κ1) is 20.8. The molecular weight excluding hydrogens is 396 g/mol. The maximum Gasteiger partial charge on any atom is 0.232 e. The predicted octanol–water partition coefficient (Wildman–Crippen LogP) is 3.04. The van der Waals surface area contributed by atoms with Gasteiger partial charge >= 0.3 is 0 Å². The molecule has 160 valence electrons. The Labute approximate surface area is 183 Å². The average Bonchev–Trinajstić information content (AvgIpc) is 2.79. The van der Waals surface area contributed by atoms with E-state index >= 15 is 0 Å². The van der Waals surface area contributed by atoms with Crippen molar-refractivity contribution >= 4 is 34.9 Å². The monoisotopic (exact) mass is 426 g/mol. The number of benzene rings is 1. The molecule has 30 heavy (non-hydrogen) atoms. The van der Waals surface area contributed by atoms with Crippen molar-refractivity contribution in [3.8, 4) is 0 Å². The minimum atomic E-state index is 0.524. The number of ether oxygens (including phenoxy) is 1. The van der Waals surface area contributed by atoms with Crippen LogP contribution in [0.2, 0.25) is 0 Å². The number of aromatic nitrogens is 2. The molecule has 0 aliphatic carbocycles. The molecule has 2 aliphatic heterocycles. The largest absolute Gasteiger partial charge is 0.378 e. The number of hydrogen-bond donors (Lipinski definition) is 2. The Kier molecular flexibility index (Phi) is 6.96. The zero-order valence-corrected chi connectivity index (χ0v) is 18.3. The summed E-state index contributed by atoms with van der Waals surface area (Å²) < 4.78 is 5.51. The van der Waals surface area contributed by atoms with E-state index in [4.69, 9.17) is 26.9 Å². The minimum absolute atomic E-state index is 0.524. The zero-order valence-electron chi connectivity index (χ0n) is 17.5. The number of nitrogens with zero attached hydrogens (tertiary/aromatic N) is 4. The topological polar surface area (TPSA) is 65.6 Å². The minimum Gasteiger partial charge on any atom is -0.378 e. The van der Waals surface area contributed by atoms with Crippen LogP contribution < -0.4 is 20.4 Å². The van der Waals surface area contributed by atoms with E-state index in [1.54, 1.807) is 0 Å². The van der Waals surface area contributed by atoms with Crippen LogP contribution in [0.1, 0.15) is 25.3 Å². The molecule has 0 radical (unpaired) electrons. The lowest BCUT2D eigenvalue weighted by Gasteiger charge is -2.33. The molecule has 2 aliphatic rings. The highest BCUT2D eigenvalue weighted by Gasteiger charge is 2.21. The number of anilines is 3. The molecule has 3 heterocycles. The van der Waals surface area contributed by atoms with Crippen molar-refractivity contribution in [1.29, 1.82) is 0 Å². The standard InChI is InChI=1S/C22H30N6OS/c1-17-7-9-27(10-8-17)19-15-20(28-11-13-29-14-12-28)25-21(24-19)26-22(30)23-16-18-5-3-2-4-6-18/h2-6,15,17H,7-14,16H2,1H3,(H2,23,24,25,26,30). The van der Waals surface area contributed by atoms with Gasteiger partial charge in [-0.2, -0.15) is 9.97 Å². The maximum absolute atomic E-state index is 5.51. The number of thiocarbonyl (C=S) groups is 1. The smallest absolute Gasteiger partial charge is 0.232 e. The fourth-order valence-electron chi connectivity index (χ4n) is 3.76. The van der Waals surface area contributed by atoms with E-state index in [0.717, 1.165) is 56.9 Å². The molecule has 0 amide bonds. The van der Waals surface area contributed by atoms with Crippen molar-refractivity contribution in [2.75, 3.05) is 54.5 Å². The fraction of sp³-hybridized carbons (Fsp3) is 0.500. The maximum atomic E-state index is 5.51. The number of rotatable bonds is 5. The molecule has 2 fully saturated rings. The van der Waals surface area contributed by atoms with Crippen LogP contribution in [0.15, 0.2) is 36.4 Å². The van der Waals surface area contributed by atoms with Gasteiger partial charge in [-0.05, 0) is 36.5 Å². The second-order valence-electron chi connectivity index (χ2n) is 7.97. The zero-order chi connectivity index (χ0) is 20.8. The van der Waals surface area contributed by atoms with Gasteiger partial charge in [0.2, 0.25) is 5.95 Å². The molecular formula is C22H30N6OS. The quantitative estimate of drug-likeness (QED) is 0.708. The third-order valence-corrected chi connectivity index (χ3v) is 5.91. The number of hydrogen-bond acceptors (Lipinski definition) is 6. The Morgan fingerprint density at radius 2 is 1.67 bits per heavy atom. The number of piperidine rings is 1. The van der Waals surface area contributed by atoms with Crippen molar-refractivity contribution < 1.29 is 4.74 Å². The van der Waals surface area contributed by atoms with Gasteiger partial charge in [0.25, 0.3) is 0 Å². The molecule has 2 saturated heterocycles. The summed E-state index contributed by atoms with van der Waals surface area (Å²) in [7, 11) is 0. The molecule has 0 unspecified atom stereocenters. The molecule has 2 aromatic rings. The molecule has 0 atom stereocenters. The first-order valence-electron chi connectivity index (χ1n) is 10.7. The normalized spacial score (nSPS) is 17.6. The second-order valence-corrected chi connectivity index (χ2v) is 8.38. The van der Waals surface area contributed by atoms with Gasteiger partial charge in [-0.3, -0.25) is 0 Å². The van der Waals surface area contributed by atoms with E-state index in [0.29, 0.717) is 17.6 Å². The van der Waals surface area contributed by atoms with Crippen molar-refractivity contribution in [3.05, 3.63) is 42.0 Å². The van der Waals surface area contributed by atoms with E-state index in [9.17, 15) is 0 Å². The summed E-state index contributed by atoms with van der Waals surface area (Å²) in [6.45, 7) is 8.15. The van der Waals surface area contributed by atoms with E-state index in [1.807, 2.05) is 18.2 Å². The van der Waals surface area contributed by atoms with E-state index in [2.05, 4.69) is 45.6 Å². The van der Waals surface area contributed by atoms with Crippen LogP contribution in [0.3, 0.4) is 0 Å². The molecule has 0 saturated carbocycles. The van der Waals surface area contributed by atoms with Crippen LogP contribution in [-0.2, 0) is 11.3 Å². The first-order valence-corrected chi connectivity index (χ1v) is 11.1. The third kappa shape index (κ3) is 5.58. The number of nitrogens with one attached hydrogen (secondary N) is 2. The van der Waals surface area contributed by atoms with Crippen LogP contribution in [0.25, 0.3) is 0 Å². The van der Waals surface area contributed by atoms with E-state index in [-0.39, 0.29) is 0 Å². The van der Waals surface area contributed by atoms with Crippen LogP contribution in [0.5, 0.6) is 0 Å². The summed E-state index contributed by atoms with van der Waals surface area (Å²) in [5.74, 6) is 3.20. The van der Waals surface area contributed by atoms with Crippen LogP contribution >= 0.6 is 12.2 Å². The lowest BCUT2D eigenvalue weighted by Crippen LogP contribution is -2.38. The summed E-state index contributed by atoms with van der Waals surface area (Å²) in [6, 6.07) is 12.3. The average molecular weight is 427 g/mol. The SMILES string of the molecule is CC1CCN(c2cc(N3CCOCC3)nc(NC(=S)NCc3ccccc3)n2)CC1. The molecule has 8 heteroatoms. The van der Waals surface area contributed by atoms with Gasteiger partial charge in [0, 0.05) is 38.8 Å². The van der Waals surface area contributed by atoms with Gasteiger partial charge in [-0.1, -0.05) is 37.3 Å². The van der Waals surface area contributed by atoms with Crippen molar-refractivity contribution in [1.82, 2.24) is 15.3 Å². The Hall–Kier alpha value is -2.45. The van der Waals surface area contributed by atoms with Crippen LogP contribution in [0, 0.1) is 5.92 Å². The van der Waals surface area contributed by atoms with Gasteiger partial charge < -0.3 is 25.2 Å². The summed E-state index contributed by atoms with van der Waals surface area (Å²) in [5, 5.41) is 6.96. The Morgan fingerprint density at radius 1 is 1.03 bits per heavy atom. The molecule has 1 aromatic carbocycles. The Morgan fingerprint density at radius 3 is 2.33 bits per heavy atom. The van der Waals surface area contributed by atoms with Crippen molar-refractivity contribution in [3.63, 3.8) is 0 Å². The van der Waals surface area contributed by atoms with E-state index < -0.39 is 0 Å². The van der Waals surface area contributed by atoms with Gasteiger partial charge in [-0.25, -0.2) is 0 Å². The molecule has 4 rings (SSSR count). The van der Waals surface area contributed by atoms with Gasteiger partial charge in [-0.15, -0.1) is 0 Å². The second kappa shape index (κ2) is 10.0. The Balaban J connectivity index is 1.48. The molecule has 1 aromatic heterocycles. The molecule has 0 spiro atoms. The highest BCUT2D eigenvalue weighted by atomic mass is 32.1. The molecule has 2 N–H and O–H groups in total. The summed E-state index contributed by atoms with van der Waals surface area (Å²) in [4.78, 5) is 14.2. The summed E-state index contributed by atoms with van der Waals surface area (Å²) >= 11 is 5.50.